The molecule has 1 saturated heterocycles. The molecule has 1 aliphatic carbocycles. The van der Waals surface area contributed by atoms with Crippen molar-refractivity contribution in [2.45, 2.75) is 57.2 Å². The molecule has 0 bridgehead atoms. The third kappa shape index (κ3) is 3.32. The zero-order valence-corrected chi connectivity index (χ0v) is 16.8. The second kappa shape index (κ2) is 7.15. The first-order chi connectivity index (χ1) is 14.0. The molecule has 2 unspecified atom stereocenters. The number of rotatable bonds is 3. The molecule has 2 atom stereocenters. The highest BCUT2D eigenvalue weighted by Crippen LogP contribution is 2.37. The normalized spacial score (nSPS) is 27.2. The summed E-state index contributed by atoms with van der Waals surface area (Å²) in [4.78, 5) is 9.18. The van der Waals surface area contributed by atoms with Crippen LogP contribution < -0.4 is 5.32 Å². The third-order valence-corrected chi connectivity index (χ3v) is 6.36. The number of halogens is 1. The smallest absolute Gasteiger partial charge is 0.157 e. The fourth-order valence-corrected chi connectivity index (χ4v) is 4.68. The van der Waals surface area contributed by atoms with E-state index in [2.05, 4.69) is 39.4 Å². The Bertz CT molecular complexity index is 1060. The largest absolute Gasteiger partial charge is 0.393 e. The van der Waals surface area contributed by atoms with Gasteiger partial charge in [0, 0.05) is 35.5 Å². The number of nitrogens with zero attached hydrogens (tertiary/aromatic N) is 4. The van der Waals surface area contributed by atoms with Crippen molar-refractivity contribution in [1.29, 1.82) is 0 Å². The van der Waals surface area contributed by atoms with Crippen LogP contribution in [0.15, 0.2) is 24.4 Å². The van der Waals surface area contributed by atoms with Gasteiger partial charge in [0.1, 0.15) is 12.0 Å². The van der Waals surface area contributed by atoms with E-state index in [-0.39, 0.29) is 17.9 Å². The molecule has 3 aromatic rings. The zero-order valence-electron chi connectivity index (χ0n) is 16.8. The van der Waals surface area contributed by atoms with Gasteiger partial charge in [-0.1, -0.05) is 0 Å². The quantitative estimate of drug-likeness (QED) is 0.713. The van der Waals surface area contributed by atoms with Crippen LogP contribution in [-0.2, 0) is 0 Å². The number of hydrogen-bond acceptors (Lipinski definition) is 5. The third-order valence-electron chi connectivity index (χ3n) is 6.36. The number of aryl methyl sites for hydroxylation is 2. The number of benzene rings is 1. The lowest BCUT2D eigenvalue weighted by Crippen LogP contribution is -2.36. The van der Waals surface area contributed by atoms with Crippen molar-refractivity contribution in [2.75, 3.05) is 13.1 Å². The van der Waals surface area contributed by atoms with Crippen LogP contribution >= 0.6 is 0 Å². The van der Waals surface area contributed by atoms with Gasteiger partial charge in [0.2, 0.25) is 0 Å². The first-order valence-electron chi connectivity index (χ1n) is 10.4. The molecule has 6 nitrogen and oxygen atoms in total. The maximum absolute atomic E-state index is 14.6. The van der Waals surface area contributed by atoms with Gasteiger partial charge < -0.3 is 10.4 Å². The maximum Gasteiger partial charge on any atom is 0.157 e. The van der Waals surface area contributed by atoms with Gasteiger partial charge >= 0.3 is 0 Å². The molecule has 2 fully saturated rings. The minimum atomic E-state index is -0.880. The Labute approximate surface area is 169 Å². The van der Waals surface area contributed by atoms with Crippen molar-refractivity contribution in [1.82, 2.24) is 25.1 Å². The number of hydrogen-bond donors (Lipinski definition) is 2. The topological polar surface area (TPSA) is 75.9 Å². The Morgan fingerprint density at radius 1 is 1.17 bits per heavy atom. The van der Waals surface area contributed by atoms with Gasteiger partial charge in [-0.2, -0.15) is 5.10 Å². The monoisotopic (exact) mass is 395 g/mol. The van der Waals surface area contributed by atoms with E-state index in [1.807, 2.05) is 23.9 Å². The molecule has 0 spiro atoms. The lowest BCUT2D eigenvalue weighted by Gasteiger charge is -2.31. The van der Waals surface area contributed by atoms with Gasteiger partial charge in [0.25, 0.3) is 0 Å². The molecule has 1 saturated carbocycles. The summed E-state index contributed by atoms with van der Waals surface area (Å²) in [7, 11) is 0. The number of nitrogens with one attached hydrogen (secondary N) is 1. The summed E-state index contributed by atoms with van der Waals surface area (Å²) >= 11 is 0. The first kappa shape index (κ1) is 18.6. The minimum Gasteiger partial charge on any atom is -0.393 e. The van der Waals surface area contributed by atoms with Crippen LogP contribution in [0.2, 0.25) is 0 Å². The molecule has 152 valence electrons. The van der Waals surface area contributed by atoms with Crippen LogP contribution in [0.3, 0.4) is 0 Å². The molecule has 3 heterocycles. The number of alkyl halides is 1. The molecule has 0 amide bonds. The van der Waals surface area contributed by atoms with E-state index >= 15 is 0 Å². The highest BCUT2D eigenvalue weighted by atomic mass is 19.1. The van der Waals surface area contributed by atoms with Crippen molar-refractivity contribution in [2.24, 2.45) is 0 Å². The van der Waals surface area contributed by atoms with Gasteiger partial charge in [-0.3, -0.25) is 0 Å². The SMILES string of the molecule is Cc1nc(C2CC(O)C2)cc(-n2ncc3cc(C)c(C4CCNCC4F)cc32)n1. The Kier molecular flexibility index (Phi) is 4.59. The first-order valence-corrected chi connectivity index (χ1v) is 10.4. The molecule has 29 heavy (non-hydrogen) atoms. The summed E-state index contributed by atoms with van der Waals surface area (Å²) in [6.45, 7) is 5.18. The predicted octanol–water partition coefficient (Wildman–Crippen LogP) is 3.09. The fourth-order valence-electron chi connectivity index (χ4n) is 4.68. The Morgan fingerprint density at radius 3 is 2.76 bits per heavy atom. The van der Waals surface area contributed by atoms with Gasteiger partial charge in [-0.25, -0.2) is 19.0 Å². The number of aliphatic hydroxyl groups excluding tert-OH is 1. The molecule has 1 aliphatic heterocycles. The average Bonchev–Trinajstić information content (AvgIpc) is 3.07. The summed E-state index contributed by atoms with van der Waals surface area (Å²) in [5.74, 6) is 1.59. The van der Waals surface area contributed by atoms with E-state index in [0.29, 0.717) is 12.4 Å². The van der Waals surface area contributed by atoms with E-state index in [9.17, 15) is 9.50 Å². The molecule has 2 aliphatic rings. The second-order valence-electron chi connectivity index (χ2n) is 8.46. The van der Waals surface area contributed by atoms with Gasteiger partial charge in [0.05, 0.1) is 17.8 Å². The summed E-state index contributed by atoms with van der Waals surface area (Å²) in [5.41, 5.74) is 4.06. The highest BCUT2D eigenvalue weighted by molar-refractivity contribution is 5.82. The van der Waals surface area contributed by atoms with E-state index < -0.39 is 6.17 Å². The Hall–Kier alpha value is -2.38. The highest BCUT2D eigenvalue weighted by Gasteiger charge is 2.31. The molecule has 1 aromatic carbocycles. The van der Waals surface area contributed by atoms with Crippen molar-refractivity contribution in [3.8, 4) is 5.82 Å². The second-order valence-corrected chi connectivity index (χ2v) is 8.46. The van der Waals surface area contributed by atoms with Crippen LogP contribution in [0.4, 0.5) is 4.39 Å². The molecular formula is C22H26FN5O. The minimum absolute atomic E-state index is 0.0943. The number of fused-ring (bicyclic) bond motifs is 1. The van der Waals surface area contributed by atoms with Gasteiger partial charge in [-0.15, -0.1) is 0 Å². The van der Waals surface area contributed by atoms with E-state index in [1.54, 1.807) is 0 Å². The molecule has 0 radical (unpaired) electrons. The summed E-state index contributed by atoms with van der Waals surface area (Å²) in [5, 5.41) is 18.4. The van der Waals surface area contributed by atoms with Crippen molar-refractivity contribution >= 4 is 10.9 Å². The molecule has 7 heteroatoms. The average molecular weight is 395 g/mol. The summed E-state index contributed by atoms with van der Waals surface area (Å²) < 4.78 is 16.4. The van der Waals surface area contributed by atoms with Crippen molar-refractivity contribution in [3.05, 3.63) is 47.0 Å². The lowest BCUT2D eigenvalue weighted by atomic mass is 9.80. The standard InChI is InChI=1S/C22H26FN5O/c1-12-5-15-10-25-28(21(15)8-18(12)17-3-4-24-11-19(17)23)22-9-20(26-13(2)27-22)14-6-16(29)7-14/h5,8-10,14,16-17,19,24,29H,3-4,6-7,11H2,1-2H3. The molecule has 5 rings (SSSR count). The van der Waals surface area contributed by atoms with Crippen molar-refractivity contribution < 1.29 is 9.50 Å². The number of aliphatic hydroxyl groups is 1. The van der Waals surface area contributed by atoms with Crippen LogP contribution in [-0.4, -0.2) is 50.2 Å². The molecule has 2 aromatic heterocycles. The van der Waals surface area contributed by atoms with E-state index in [0.717, 1.165) is 59.3 Å². The lowest BCUT2D eigenvalue weighted by molar-refractivity contribution is 0.0731. The van der Waals surface area contributed by atoms with Gasteiger partial charge in [-0.05, 0) is 62.9 Å². The van der Waals surface area contributed by atoms with Crippen LogP contribution in [0.1, 0.15) is 53.7 Å². The predicted molar refractivity (Wildman–Crippen MR) is 109 cm³/mol. The maximum atomic E-state index is 14.6. The Balaban J connectivity index is 1.58. The van der Waals surface area contributed by atoms with E-state index in [1.165, 1.54) is 0 Å². The fraction of sp³-hybridized carbons (Fsp3) is 0.500. The Morgan fingerprint density at radius 2 is 2.00 bits per heavy atom. The summed E-state index contributed by atoms with van der Waals surface area (Å²) in [6, 6.07) is 6.16. The van der Waals surface area contributed by atoms with Crippen LogP contribution in [0.25, 0.3) is 16.7 Å². The zero-order chi connectivity index (χ0) is 20.1. The van der Waals surface area contributed by atoms with Crippen LogP contribution in [0, 0.1) is 13.8 Å². The van der Waals surface area contributed by atoms with E-state index in [4.69, 9.17) is 0 Å². The van der Waals surface area contributed by atoms with Gasteiger partial charge in [0.15, 0.2) is 5.82 Å². The van der Waals surface area contributed by atoms with Crippen LogP contribution in [0.5, 0.6) is 0 Å². The summed E-state index contributed by atoms with van der Waals surface area (Å²) in [6.07, 6.45) is 3.01. The molecule has 2 N–H and O–H groups in total. The molecular weight excluding hydrogens is 369 g/mol. The number of piperidine rings is 1. The number of aromatic nitrogens is 4. The van der Waals surface area contributed by atoms with Crippen molar-refractivity contribution in [3.63, 3.8) is 0 Å².